The molecule has 0 bridgehead atoms. The van der Waals surface area contributed by atoms with Crippen LogP contribution in [0.5, 0.6) is 0 Å². The van der Waals surface area contributed by atoms with E-state index in [9.17, 15) is 13.2 Å². The summed E-state index contributed by atoms with van der Waals surface area (Å²) in [6.07, 6.45) is 5.26. The van der Waals surface area contributed by atoms with Gasteiger partial charge in [-0.25, -0.2) is 13.4 Å². The summed E-state index contributed by atoms with van der Waals surface area (Å²) in [5.41, 5.74) is 4.39. The third kappa shape index (κ3) is 5.12. The lowest BCUT2D eigenvalue weighted by Crippen LogP contribution is -2.23. The van der Waals surface area contributed by atoms with E-state index < -0.39 is 10.0 Å². The van der Waals surface area contributed by atoms with Crippen molar-refractivity contribution >= 4 is 21.6 Å². The maximum Gasteiger partial charge on any atom is 0.261 e. The lowest BCUT2D eigenvalue weighted by Gasteiger charge is -2.13. The summed E-state index contributed by atoms with van der Waals surface area (Å²) in [6.45, 7) is 4.00. The summed E-state index contributed by atoms with van der Waals surface area (Å²) in [5, 5.41) is 2.93. The predicted octanol–water partition coefficient (Wildman–Crippen LogP) is 4.22. The van der Waals surface area contributed by atoms with Crippen molar-refractivity contribution in [3.8, 4) is 5.69 Å². The molecule has 0 saturated carbocycles. The lowest BCUT2D eigenvalue weighted by atomic mass is 10.1. The van der Waals surface area contributed by atoms with Crippen molar-refractivity contribution in [1.82, 2.24) is 14.9 Å². The first-order valence-corrected chi connectivity index (χ1v) is 11.9. The minimum absolute atomic E-state index is 0.186. The van der Waals surface area contributed by atoms with Crippen molar-refractivity contribution in [2.24, 2.45) is 0 Å². The highest BCUT2D eigenvalue weighted by Crippen LogP contribution is 2.22. The molecule has 0 unspecified atom stereocenters. The lowest BCUT2D eigenvalue weighted by molar-refractivity contribution is 0.0951. The third-order valence-electron chi connectivity index (χ3n) is 5.28. The SMILES string of the molecule is Cc1ccc(S(=O)(=O)Nc2ccc(C(=O)NCc3ccccc3-n3ccnc3)cc2C)cc1. The molecule has 4 aromatic rings. The van der Waals surface area contributed by atoms with Crippen molar-refractivity contribution in [3.63, 3.8) is 0 Å². The molecule has 0 radical (unpaired) electrons. The number of carbonyl (C=O) groups excluding carboxylic acids is 1. The smallest absolute Gasteiger partial charge is 0.261 e. The first kappa shape index (κ1) is 22.3. The Kier molecular flexibility index (Phi) is 6.28. The molecule has 8 heteroatoms. The number of aromatic nitrogens is 2. The Hall–Kier alpha value is -3.91. The fourth-order valence-electron chi connectivity index (χ4n) is 3.43. The number of sulfonamides is 1. The second-order valence-electron chi connectivity index (χ2n) is 7.73. The number of amides is 1. The zero-order chi connectivity index (χ0) is 23.4. The standard InChI is InChI=1S/C25H24N4O3S/c1-18-7-10-22(11-8-18)33(31,32)28-23-12-9-20(15-19(23)2)25(30)27-16-21-5-3-4-6-24(21)29-14-13-26-17-29/h3-15,17,28H,16H2,1-2H3,(H,27,30). The molecular weight excluding hydrogens is 436 g/mol. The number of carbonyl (C=O) groups is 1. The molecule has 0 atom stereocenters. The Bertz CT molecular complexity index is 1380. The van der Waals surface area contributed by atoms with Gasteiger partial charge in [0.2, 0.25) is 0 Å². The van der Waals surface area contributed by atoms with E-state index >= 15 is 0 Å². The second kappa shape index (κ2) is 9.30. The summed E-state index contributed by atoms with van der Waals surface area (Å²) < 4.78 is 29.8. The van der Waals surface area contributed by atoms with Gasteiger partial charge in [0.1, 0.15) is 0 Å². The molecule has 0 aliphatic heterocycles. The van der Waals surface area contributed by atoms with Crippen LogP contribution >= 0.6 is 0 Å². The van der Waals surface area contributed by atoms with Crippen LogP contribution in [-0.2, 0) is 16.6 Å². The van der Waals surface area contributed by atoms with E-state index in [1.165, 1.54) is 0 Å². The molecule has 2 N–H and O–H groups in total. The van der Waals surface area contributed by atoms with Crippen LogP contribution in [0, 0.1) is 13.8 Å². The predicted molar refractivity (Wildman–Crippen MR) is 128 cm³/mol. The summed E-state index contributed by atoms with van der Waals surface area (Å²) in [6, 6.07) is 19.3. The van der Waals surface area contributed by atoms with E-state index in [4.69, 9.17) is 0 Å². The Labute approximate surface area is 193 Å². The average Bonchev–Trinajstić information content (AvgIpc) is 3.34. The van der Waals surface area contributed by atoms with Gasteiger partial charge in [-0.15, -0.1) is 0 Å². The number of nitrogens with zero attached hydrogens (tertiary/aromatic N) is 2. The maximum absolute atomic E-state index is 12.7. The van der Waals surface area contributed by atoms with Gasteiger partial charge in [0.15, 0.2) is 0 Å². The van der Waals surface area contributed by atoms with Gasteiger partial charge in [-0.1, -0.05) is 35.9 Å². The third-order valence-corrected chi connectivity index (χ3v) is 6.66. The Balaban J connectivity index is 1.46. The van der Waals surface area contributed by atoms with Crippen molar-refractivity contribution in [3.05, 3.63) is 108 Å². The van der Waals surface area contributed by atoms with Crippen molar-refractivity contribution in [2.45, 2.75) is 25.3 Å². The van der Waals surface area contributed by atoms with Crippen LogP contribution < -0.4 is 10.0 Å². The fraction of sp³-hybridized carbons (Fsp3) is 0.120. The molecule has 168 valence electrons. The van der Waals surface area contributed by atoms with E-state index in [0.717, 1.165) is 16.8 Å². The largest absolute Gasteiger partial charge is 0.348 e. The van der Waals surface area contributed by atoms with E-state index in [2.05, 4.69) is 15.0 Å². The highest BCUT2D eigenvalue weighted by molar-refractivity contribution is 7.92. The molecule has 0 aliphatic carbocycles. The van der Waals surface area contributed by atoms with E-state index in [1.807, 2.05) is 42.0 Å². The van der Waals surface area contributed by atoms with E-state index in [-0.39, 0.29) is 10.8 Å². The first-order chi connectivity index (χ1) is 15.8. The molecule has 7 nitrogen and oxygen atoms in total. The molecule has 0 spiro atoms. The van der Waals surface area contributed by atoms with Crippen LogP contribution in [0.3, 0.4) is 0 Å². The van der Waals surface area contributed by atoms with E-state index in [0.29, 0.717) is 23.4 Å². The second-order valence-corrected chi connectivity index (χ2v) is 9.41. The van der Waals surface area contributed by atoms with Crippen LogP contribution in [0.15, 0.2) is 90.3 Å². The van der Waals surface area contributed by atoms with Gasteiger partial charge >= 0.3 is 0 Å². The minimum Gasteiger partial charge on any atom is -0.348 e. The Morgan fingerprint density at radius 2 is 1.76 bits per heavy atom. The number of nitrogens with one attached hydrogen (secondary N) is 2. The normalized spacial score (nSPS) is 11.2. The van der Waals surface area contributed by atoms with Gasteiger partial charge in [0, 0.05) is 24.5 Å². The molecule has 3 aromatic carbocycles. The number of hydrogen-bond acceptors (Lipinski definition) is 4. The maximum atomic E-state index is 12.7. The molecule has 1 heterocycles. The van der Waals surface area contributed by atoms with Crippen LogP contribution in [0.2, 0.25) is 0 Å². The number of rotatable bonds is 7. The summed E-state index contributed by atoms with van der Waals surface area (Å²) in [5.74, 6) is -0.244. The van der Waals surface area contributed by atoms with Crippen LogP contribution in [0.4, 0.5) is 5.69 Å². The summed E-state index contributed by atoms with van der Waals surface area (Å²) >= 11 is 0. The number of aryl methyl sites for hydroxylation is 2. The molecule has 4 rings (SSSR count). The molecule has 0 saturated heterocycles. The minimum atomic E-state index is -3.72. The first-order valence-electron chi connectivity index (χ1n) is 10.4. The van der Waals surface area contributed by atoms with Gasteiger partial charge in [-0.05, 0) is 61.4 Å². The van der Waals surface area contributed by atoms with Crippen LogP contribution in [0.1, 0.15) is 27.0 Å². The molecule has 0 aliphatic rings. The van der Waals surface area contributed by atoms with Crippen LogP contribution in [-0.4, -0.2) is 23.9 Å². The van der Waals surface area contributed by atoms with Crippen molar-refractivity contribution < 1.29 is 13.2 Å². The quantitative estimate of drug-likeness (QED) is 0.432. The Morgan fingerprint density at radius 1 is 1.00 bits per heavy atom. The number of imidazole rings is 1. The zero-order valence-corrected chi connectivity index (χ0v) is 19.1. The zero-order valence-electron chi connectivity index (χ0n) is 18.3. The monoisotopic (exact) mass is 460 g/mol. The topological polar surface area (TPSA) is 93.1 Å². The van der Waals surface area contributed by atoms with Gasteiger partial charge in [-0.3, -0.25) is 9.52 Å². The van der Waals surface area contributed by atoms with Gasteiger partial charge in [0.05, 0.1) is 22.6 Å². The number of anilines is 1. The molecule has 0 fully saturated rings. The molecule has 33 heavy (non-hydrogen) atoms. The number of hydrogen-bond donors (Lipinski definition) is 2. The number of para-hydroxylation sites is 1. The van der Waals surface area contributed by atoms with Crippen LogP contribution in [0.25, 0.3) is 5.69 Å². The van der Waals surface area contributed by atoms with Gasteiger partial charge < -0.3 is 9.88 Å². The van der Waals surface area contributed by atoms with Gasteiger partial charge in [0.25, 0.3) is 15.9 Å². The summed E-state index contributed by atoms with van der Waals surface area (Å²) in [7, 11) is -3.72. The molecule has 1 aromatic heterocycles. The molecular formula is C25H24N4O3S. The van der Waals surface area contributed by atoms with Crippen molar-refractivity contribution in [1.29, 1.82) is 0 Å². The Morgan fingerprint density at radius 3 is 2.45 bits per heavy atom. The number of benzene rings is 3. The highest BCUT2D eigenvalue weighted by atomic mass is 32.2. The van der Waals surface area contributed by atoms with Crippen molar-refractivity contribution in [2.75, 3.05) is 4.72 Å². The van der Waals surface area contributed by atoms with E-state index in [1.54, 1.807) is 61.9 Å². The fourth-order valence-corrected chi connectivity index (χ4v) is 4.56. The summed E-state index contributed by atoms with van der Waals surface area (Å²) in [4.78, 5) is 17.0. The average molecular weight is 461 g/mol. The molecule has 1 amide bonds. The highest BCUT2D eigenvalue weighted by Gasteiger charge is 2.16. The van der Waals surface area contributed by atoms with Gasteiger partial charge in [-0.2, -0.15) is 0 Å².